The van der Waals surface area contributed by atoms with Crippen molar-refractivity contribution in [1.29, 1.82) is 0 Å². The summed E-state index contributed by atoms with van der Waals surface area (Å²) in [5, 5.41) is 0. The maximum absolute atomic E-state index is 12.7. The Morgan fingerprint density at radius 1 is 1.16 bits per heavy atom. The minimum atomic E-state index is 0.242. The summed E-state index contributed by atoms with van der Waals surface area (Å²) in [5.41, 5.74) is 5.85. The zero-order chi connectivity index (χ0) is 21.8. The largest absolute Gasteiger partial charge is 0.496 e. The zero-order valence-electron chi connectivity index (χ0n) is 18.8. The fourth-order valence-corrected chi connectivity index (χ4v) is 4.35. The molecule has 2 aliphatic heterocycles. The van der Waals surface area contributed by atoms with Crippen molar-refractivity contribution in [3.05, 3.63) is 46.3 Å². The Kier molecular flexibility index (Phi) is 6.70. The average molecular weight is 425 g/mol. The minimum Gasteiger partial charge on any atom is -0.496 e. The predicted molar refractivity (Wildman–Crippen MR) is 120 cm³/mol. The fourth-order valence-electron chi connectivity index (χ4n) is 4.35. The highest BCUT2D eigenvalue weighted by atomic mass is 16.5. The van der Waals surface area contributed by atoms with Crippen molar-refractivity contribution < 1.29 is 14.3 Å². The highest BCUT2D eigenvalue weighted by molar-refractivity contribution is 5.76. The lowest BCUT2D eigenvalue weighted by atomic mass is 9.99. The quantitative estimate of drug-likeness (QED) is 0.710. The molecule has 2 aromatic rings. The van der Waals surface area contributed by atoms with E-state index in [9.17, 15) is 4.79 Å². The molecule has 2 aliphatic rings. The summed E-state index contributed by atoms with van der Waals surface area (Å²) in [7, 11) is 1.70. The van der Waals surface area contributed by atoms with Crippen LogP contribution in [0, 0.1) is 13.8 Å². The molecule has 0 radical (unpaired) electrons. The van der Waals surface area contributed by atoms with Gasteiger partial charge in [-0.25, -0.2) is 9.97 Å². The number of anilines is 1. The van der Waals surface area contributed by atoms with Gasteiger partial charge in [0.05, 0.1) is 26.0 Å². The Morgan fingerprint density at radius 2 is 1.97 bits per heavy atom. The number of hydrogen-bond donors (Lipinski definition) is 0. The van der Waals surface area contributed by atoms with Crippen LogP contribution in [0.4, 0.5) is 5.95 Å². The number of methoxy groups -OCH3 is 1. The Hall–Kier alpha value is -2.67. The third-order valence-electron chi connectivity index (χ3n) is 6.29. The number of aryl methyl sites for hydroxylation is 3. The van der Waals surface area contributed by atoms with Crippen molar-refractivity contribution in [2.45, 2.75) is 46.1 Å². The van der Waals surface area contributed by atoms with E-state index in [1.807, 2.05) is 11.1 Å². The molecule has 4 rings (SSSR count). The van der Waals surface area contributed by atoms with E-state index in [0.29, 0.717) is 13.0 Å². The van der Waals surface area contributed by atoms with E-state index < -0.39 is 0 Å². The van der Waals surface area contributed by atoms with Crippen molar-refractivity contribution in [1.82, 2.24) is 14.9 Å². The SMILES string of the molecule is COc1cc(C)c(CCCC(=O)N2CCN(c3ncc4c(n3)CCOC4)CC2)cc1C. The van der Waals surface area contributed by atoms with Crippen molar-refractivity contribution in [3.63, 3.8) is 0 Å². The third-order valence-corrected chi connectivity index (χ3v) is 6.29. The summed E-state index contributed by atoms with van der Waals surface area (Å²) in [6.45, 7) is 8.50. The van der Waals surface area contributed by atoms with Crippen LogP contribution >= 0.6 is 0 Å². The van der Waals surface area contributed by atoms with Crippen LogP contribution in [0.2, 0.25) is 0 Å². The first-order valence-corrected chi connectivity index (χ1v) is 11.1. The molecule has 0 spiro atoms. The van der Waals surface area contributed by atoms with Crippen LogP contribution in [0.3, 0.4) is 0 Å². The fraction of sp³-hybridized carbons (Fsp3) is 0.542. The van der Waals surface area contributed by atoms with E-state index in [1.54, 1.807) is 7.11 Å². The summed E-state index contributed by atoms with van der Waals surface area (Å²) < 4.78 is 10.9. The van der Waals surface area contributed by atoms with Gasteiger partial charge in [0, 0.05) is 50.8 Å². The number of rotatable bonds is 6. The molecule has 7 nitrogen and oxygen atoms in total. The van der Waals surface area contributed by atoms with E-state index >= 15 is 0 Å². The number of nitrogens with zero attached hydrogens (tertiary/aromatic N) is 4. The van der Waals surface area contributed by atoms with Crippen LogP contribution < -0.4 is 9.64 Å². The molecule has 3 heterocycles. The lowest BCUT2D eigenvalue weighted by molar-refractivity contribution is -0.131. The second kappa shape index (κ2) is 9.64. The van der Waals surface area contributed by atoms with E-state index in [2.05, 4.69) is 35.9 Å². The smallest absolute Gasteiger partial charge is 0.225 e. The molecule has 0 bridgehead atoms. The molecule has 0 unspecified atom stereocenters. The van der Waals surface area contributed by atoms with Crippen LogP contribution in [-0.4, -0.2) is 60.7 Å². The van der Waals surface area contributed by atoms with Crippen LogP contribution in [0.25, 0.3) is 0 Å². The Bertz CT molecular complexity index is 939. The number of piperazine rings is 1. The zero-order valence-corrected chi connectivity index (χ0v) is 18.8. The maximum atomic E-state index is 12.7. The number of benzene rings is 1. The van der Waals surface area contributed by atoms with Gasteiger partial charge in [0.1, 0.15) is 5.75 Å². The molecule has 1 fully saturated rings. The molecule has 0 saturated carbocycles. The van der Waals surface area contributed by atoms with E-state index in [-0.39, 0.29) is 5.91 Å². The number of ether oxygens (including phenoxy) is 2. The van der Waals surface area contributed by atoms with E-state index in [0.717, 1.165) is 80.6 Å². The molecule has 1 aromatic heterocycles. The standard InChI is InChI=1S/C24H32N4O3/c1-17-14-22(30-3)18(2)13-19(17)5-4-6-23(29)27-8-10-28(11-9-27)24-25-15-20-16-31-12-7-21(20)26-24/h13-15H,4-12,16H2,1-3H3. The molecular formula is C24H32N4O3. The van der Waals surface area contributed by atoms with Gasteiger partial charge in [0.2, 0.25) is 11.9 Å². The van der Waals surface area contributed by atoms with Gasteiger partial charge in [-0.3, -0.25) is 4.79 Å². The van der Waals surface area contributed by atoms with Crippen molar-refractivity contribution in [2.75, 3.05) is 44.8 Å². The summed E-state index contributed by atoms with van der Waals surface area (Å²) in [4.78, 5) is 26.1. The highest BCUT2D eigenvalue weighted by Gasteiger charge is 2.23. The van der Waals surface area contributed by atoms with Gasteiger partial charge in [0.25, 0.3) is 0 Å². The average Bonchev–Trinajstić information content (AvgIpc) is 2.80. The number of carbonyl (C=O) groups excluding carboxylic acids is 1. The number of hydrogen-bond acceptors (Lipinski definition) is 6. The summed E-state index contributed by atoms with van der Waals surface area (Å²) in [6, 6.07) is 4.27. The van der Waals surface area contributed by atoms with Gasteiger partial charge in [-0.15, -0.1) is 0 Å². The third kappa shape index (κ3) is 4.98. The Labute approximate surface area is 184 Å². The van der Waals surface area contributed by atoms with Gasteiger partial charge in [0.15, 0.2) is 0 Å². The molecule has 7 heteroatoms. The van der Waals surface area contributed by atoms with E-state index in [1.165, 1.54) is 11.1 Å². The number of fused-ring (bicyclic) bond motifs is 1. The minimum absolute atomic E-state index is 0.242. The van der Waals surface area contributed by atoms with Gasteiger partial charge < -0.3 is 19.3 Å². The second-order valence-corrected chi connectivity index (χ2v) is 8.41. The molecule has 0 atom stereocenters. The molecule has 1 saturated heterocycles. The molecule has 0 aliphatic carbocycles. The second-order valence-electron chi connectivity index (χ2n) is 8.41. The molecule has 166 valence electrons. The monoisotopic (exact) mass is 424 g/mol. The normalized spacial score (nSPS) is 16.2. The number of amides is 1. The molecule has 1 aromatic carbocycles. The number of aromatic nitrogens is 2. The van der Waals surface area contributed by atoms with Crippen molar-refractivity contribution >= 4 is 11.9 Å². The van der Waals surface area contributed by atoms with E-state index in [4.69, 9.17) is 14.5 Å². The maximum Gasteiger partial charge on any atom is 0.225 e. The van der Waals surface area contributed by atoms with Gasteiger partial charge in [-0.05, 0) is 49.4 Å². The highest BCUT2D eigenvalue weighted by Crippen LogP contribution is 2.24. The number of carbonyl (C=O) groups is 1. The Balaban J connectivity index is 1.26. The van der Waals surface area contributed by atoms with Crippen LogP contribution in [-0.2, 0) is 29.0 Å². The first kappa shape index (κ1) is 21.6. The lowest BCUT2D eigenvalue weighted by Gasteiger charge is -2.35. The summed E-state index contributed by atoms with van der Waals surface area (Å²) >= 11 is 0. The molecule has 31 heavy (non-hydrogen) atoms. The molecular weight excluding hydrogens is 392 g/mol. The summed E-state index contributed by atoms with van der Waals surface area (Å²) in [5.74, 6) is 1.94. The van der Waals surface area contributed by atoms with Crippen LogP contribution in [0.5, 0.6) is 5.75 Å². The van der Waals surface area contributed by atoms with Crippen molar-refractivity contribution in [2.24, 2.45) is 0 Å². The topological polar surface area (TPSA) is 67.8 Å². The first-order valence-electron chi connectivity index (χ1n) is 11.1. The summed E-state index contributed by atoms with van der Waals surface area (Å²) in [6.07, 6.45) is 5.09. The first-order chi connectivity index (χ1) is 15.0. The van der Waals surface area contributed by atoms with Gasteiger partial charge in [-0.2, -0.15) is 0 Å². The van der Waals surface area contributed by atoms with Crippen LogP contribution in [0.1, 0.15) is 40.8 Å². The van der Waals surface area contributed by atoms with Gasteiger partial charge in [-0.1, -0.05) is 6.07 Å². The molecule has 1 amide bonds. The lowest BCUT2D eigenvalue weighted by Crippen LogP contribution is -2.49. The Morgan fingerprint density at radius 3 is 2.74 bits per heavy atom. The predicted octanol–water partition coefficient (Wildman–Crippen LogP) is 2.85. The van der Waals surface area contributed by atoms with Gasteiger partial charge >= 0.3 is 0 Å². The van der Waals surface area contributed by atoms with Crippen molar-refractivity contribution in [3.8, 4) is 5.75 Å². The molecule has 0 N–H and O–H groups in total. The van der Waals surface area contributed by atoms with Crippen LogP contribution in [0.15, 0.2) is 18.3 Å².